The molecule has 0 fully saturated rings. The van der Waals surface area contributed by atoms with Crippen LogP contribution in [0.4, 0.5) is 0 Å². The van der Waals surface area contributed by atoms with Crippen molar-refractivity contribution < 1.29 is 0 Å². The van der Waals surface area contributed by atoms with Gasteiger partial charge in [-0.25, -0.2) is 0 Å². The van der Waals surface area contributed by atoms with Gasteiger partial charge in [0.05, 0.1) is 5.54 Å². The molecular formula is C20H32N2. The topological polar surface area (TPSA) is 29.3 Å². The fourth-order valence-corrected chi connectivity index (χ4v) is 3.48. The first-order valence-electron chi connectivity index (χ1n) is 8.29. The average molecular weight is 300 g/mol. The third kappa shape index (κ3) is 4.56. The molecule has 1 rings (SSSR count). The number of benzene rings is 1. The number of hydrogen-bond acceptors (Lipinski definition) is 2. The van der Waals surface area contributed by atoms with Crippen molar-refractivity contribution in [2.45, 2.75) is 45.2 Å². The lowest BCUT2D eigenvalue weighted by atomic mass is 9.75. The third-order valence-electron chi connectivity index (χ3n) is 4.21. The molecule has 0 saturated heterocycles. The first-order valence-corrected chi connectivity index (χ1v) is 8.29. The highest BCUT2D eigenvalue weighted by atomic mass is 15.2. The van der Waals surface area contributed by atoms with E-state index in [0.717, 1.165) is 25.9 Å². The van der Waals surface area contributed by atoms with Crippen LogP contribution in [0.3, 0.4) is 0 Å². The van der Waals surface area contributed by atoms with Crippen LogP contribution in [0, 0.1) is 5.92 Å². The molecule has 0 aliphatic heterocycles. The minimum absolute atomic E-state index is 0.258. The highest BCUT2D eigenvalue weighted by molar-refractivity contribution is 5.27. The van der Waals surface area contributed by atoms with Crippen LogP contribution in [0.2, 0.25) is 0 Å². The molecule has 1 aromatic rings. The van der Waals surface area contributed by atoms with Gasteiger partial charge in [-0.1, -0.05) is 63.3 Å². The second-order valence-electron chi connectivity index (χ2n) is 6.46. The summed E-state index contributed by atoms with van der Waals surface area (Å²) in [4.78, 5) is 2.38. The maximum atomic E-state index is 7.03. The molecule has 2 unspecified atom stereocenters. The van der Waals surface area contributed by atoms with Crippen molar-refractivity contribution in [1.29, 1.82) is 0 Å². The van der Waals surface area contributed by atoms with Crippen LogP contribution in [0.25, 0.3) is 0 Å². The van der Waals surface area contributed by atoms with E-state index in [1.807, 2.05) is 18.2 Å². The zero-order chi connectivity index (χ0) is 16.6. The van der Waals surface area contributed by atoms with E-state index >= 15 is 0 Å². The molecule has 0 radical (unpaired) electrons. The lowest BCUT2D eigenvalue weighted by molar-refractivity contribution is 0.121. The minimum atomic E-state index is -0.365. The normalized spacial score (nSPS) is 15.5. The lowest BCUT2D eigenvalue weighted by Gasteiger charge is -2.44. The Hall–Kier alpha value is -1.38. The van der Waals surface area contributed by atoms with Gasteiger partial charge in [0, 0.05) is 19.1 Å². The van der Waals surface area contributed by atoms with Crippen molar-refractivity contribution in [2.75, 3.05) is 13.1 Å². The van der Waals surface area contributed by atoms with Gasteiger partial charge < -0.3 is 5.73 Å². The van der Waals surface area contributed by atoms with Crippen LogP contribution in [0.5, 0.6) is 0 Å². The van der Waals surface area contributed by atoms with Crippen LogP contribution >= 0.6 is 0 Å². The van der Waals surface area contributed by atoms with Crippen molar-refractivity contribution in [1.82, 2.24) is 4.90 Å². The van der Waals surface area contributed by atoms with Gasteiger partial charge in [0.25, 0.3) is 0 Å². The SMILES string of the molecule is C=CCN(CC=C)C(CC)C(N)(CC(C)C)c1ccccc1. The van der Waals surface area contributed by atoms with Gasteiger partial charge in [0.2, 0.25) is 0 Å². The van der Waals surface area contributed by atoms with Crippen molar-refractivity contribution in [2.24, 2.45) is 11.7 Å². The summed E-state index contributed by atoms with van der Waals surface area (Å²) in [5.74, 6) is 0.536. The van der Waals surface area contributed by atoms with E-state index in [-0.39, 0.29) is 11.6 Å². The van der Waals surface area contributed by atoms with Crippen molar-refractivity contribution in [3.8, 4) is 0 Å². The fourth-order valence-electron chi connectivity index (χ4n) is 3.48. The first kappa shape index (κ1) is 18.7. The Bertz CT molecular complexity index is 442. The Balaban J connectivity index is 3.26. The van der Waals surface area contributed by atoms with Gasteiger partial charge in [-0.15, -0.1) is 13.2 Å². The Morgan fingerprint density at radius 2 is 1.68 bits per heavy atom. The van der Waals surface area contributed by atoms with Gasteiger partial charge in [0.1, 0.15) is 0 Å². The second kappa shape index (κ2) is 8.92. The van der Waals surface area contributed by atoms with E-state index in [9.17, 15) is 0 Å². The number of rotatable bonds is 10. The summed E-state index contributed by atoms with van der Waals surface area (Å²) in [6.07, 6.45) is 5.86. The Labute approximate surface area is 136 Å². The maximum absolute atomic E-state index is 7.03. The van der Waals surface area contributed by atoms with Crippen LogP contribution in [-0.4, -0.2) is 24.0 Å². The van der Waals surface area contributed by atoms with Gasteiger partial charge >= 0.3 is 0 Å². The molecule has 0 aliphatic carbocycles. The van der Waals surface area contributed by atoms with Gasteiger partial charge in [-0.05, 0) is 24.3 Å². The summed E-state index contributed by atoms with van der Waals surface area (Å²) in [6, 6.07) is 10.8. The summed E-state index contributed by atoms with van der Waals surface area (Å²) in [7, 11) is 0. The molecule has 0 bridgehead atoms. The average Bonchev–Trinajstić information content (AvgIpc) is 2.48. The molecule has 0 heterocycles. The van der Waals surface area contributed by atoms with E-state index in [2.05, 4.69) is 63.1 Å². The van der Waals surface area contributed by atoms with Crippen molar-refractivity contribution in [3.05, 3.63) is 61.2 Å². The van der Waals surface area contributed by atoms with E-state index < -0.39 is 0 Å². The number of nitrogens with two attached hydrogens (primary N) is 1. The molecular weight excluding hydrogens is 268 g/mol. The molecule has 2 nitrogen and oxygen atoms in total. The Morgan fingerprint density at radius 3 is 2.09 bits per heavy atom. The first-order chi connectivity index (χ1) is 10.5. The molecule has 2 atom stereocenters. The molecule has 0 aromatic heterocycles. The number of nitrogens with zero attached hydrogens (tertiary/aromatic N) is 1. The van der Waals surface area contributed by atoms with Crippen LogP contribution in [0.1, 0.15) is 39.2 Å². The van der Waals surface area contributed by atoms with Crippen molar-refractivity contribution >= 4 is 0 Å². The van der Waals surface area contributed by atoms with E-state index in [1.54, 1.807) is 0 Å². The minimum Gasteiger partial charge on any atom is -0.320 e. The molecule has 122 valence electrons. The zero-order valence-corrected chi connectivity index (χ0v) is 14.5. The quantitative estimate of drug-likeness (QED) is 0.651. The highest BCUT2D eigenvalue weighted by Crippen LogP contribution is 2.34. The van der Waals surface area contributed by atoms with Crippen molar-refractivity contribution in [3.63, 3.8) is 0 Å². The molecule has 0 saturated carbocycles. The molecule has 22 heavy (non-hydrogen) atoms. The van der Waals surface area contributed by atoms with E-state index in [4.69, 9.17) is 5.73 Å². The summed E-state index contributed by atoms with van der Waals surface area (Å²) in [6.45, 7) is 16.1. The summed E-state index contributed by atoms with van der Waals surface area (Å²) in [5.41, 5.74) is 7.88. The zero-order valence-electron chi connectivity index (χ0n) is 14.5. The standard InChI is InChI=1S/C20H32N2/c1-6-14-22(15-7-2)19(8-3)20(21,16-17(4)5)18-12-10-9-11-13-18/h6-7,9-13,17,19H,1-2,8,14-16,21H2,3-5H3. The smallest absolute Gasteiger partial charge is 0.0569 e. The van der Waals surface area contributed by atoms with Crippen LogP contribution in [0.15, 0.2) is 55.6 Å². The van der Waals surface area contributed by atoms with Crippen LogP contribution in [-0.2, 0) is 5.54 Å². The number of hydrogen-bond donors (Lipinski definition) is 1. The Kier molecular flexibility index (Phi) is 7.57. The van der Waals surface area contributed by atoms with Crippen LogP contribution < -0.4 is 5.73 Å². The monoisotopic (exact) mass is 300 g/mol. The molecule has 1 aromatic carbocycles. The molecule has 0 spiro atoms. The fraction of sp³-hybridized carbons (Fsp3) is 0.500. The largest absolute Gasteiger partial charge is 0.320 e. The summed E-state index contributed by atoms with van der Waals surface area (Å²) in [5, 5.41) is 0. The predicted octanol–water partition coefficient (Wildman–Crippen LogP) is 4.34. The summed E-state index contributed by atoms with van der Waals surface area (Å²) >= 11 is 0. The highest BCUT2D eigenvalue weighted by Gasteiger charge is 2.38. The lowest BCUT2D eigenvalue weighted by Crippen LogP contribution is -2.56. The van der Waals surface area contributed by atoms with E-state index in [1.165, 1.54) is 5.56 Å². The van der Waals surface area contributed by atoms with Gasteiger partial charge in [-0.2, -0.15) is 0 Å². The summed E-state index contributed by atoms with van der Waals surface area (Å²) < 4.78 is 0. The predicted molar refractivity (Wildman–Crippen MR) is 97.8 cm³/mol. The third-order valence-corrected chi connectivity index (χ3v) is 4.21. The molecule has 2 N–H and O–H groups in total. The maximum Gasteiger partial charge on any atom is 0.0569 e. The molecule has 2 heteroatoms. The van der Waals surface area contributed by atoms with E-state index in [0.29, 0.717) is 5.92 Å². The molecule has 0 amide bonds. The Morgan fingerprint density at radius 1 is 1.14 bits per heavy atom. The second-order valence-corrected chi connectivity index (χ2v) is 6.46. The molecule has 0 aliphatic rings. The van der Waals surface area contributed by atoms with Gasteiger partial charge in [0.15, 0.2) is 0 Å². The van der Waals surface area contributed by atoms with Gasteiger partial charge in [-0.3, -0.25) is 4.90 Å².